The normalized spacial score (nSPS) is 10.8. The summed E-state index contributed by atoms with van der Waals surface area (Å²) in [6.07, 6.45) is 1.37. The summed E-state index contributed by atoms with van der Waals surface area (Å²) in [5.41, 5.74) is 2.89. The molecule has 0 spiro atoms. The Morgan fingerprint density at radius 3 is 2.25 bits per heavy atom. The van der Waals surface area contributed by atoms with Gasteiger partial charge in [-0.05, 0) is 60.0 Å². The molecule has 0 atom stereocenters. The van der Waals surface area contributed by atoms with Crippen LogP contribution in [-0.2, 0) is 13.2 Å². The van der Waals surface area contributed by atoms with E-state index >= 15 is 0 Å². The zero-order valence-corrected chi connectivity index (χ0v) is 15.7. The minimum absolute atomic E-state index is 0.409. The van der Waals surface area contributed by atoms with E-state index in [1.165, 1.54) is 6.21 Å². The molecule has 0 saturated heterocycles. The van der Waals surface area contributed by atoms with Crippen molar-refractivity contribution < 1.29 is 19.4 Å². The number of ether oxygens (including phenoxy) is 3. The summed E-state index contributed by atoms with van der Waals surface area (Å²) in [7, 11) is 0. The largest absolute Gasteiger partial charge is 0.490 e. The summed E-state index contributed by atoms with van der Waals surface area (Å²) in [5, 5.41) is 11.6. The summed E-state index contributed by atoms with van der Waals surface area (Å²) >= 11 is 0. The lowest BCUT2D eigenvalue weighted by Gasteiger charge is -2.14. The van der Waals surface area contributed by atoms with E-state index in [0.29, 0.717) is 31.3 Å². The van der Waals surface area contributed by atoms with E-state index < -0.39 is 0 Å². The first-order valence-corrected chi connectivity index (χ1v) is 9.11. The Balaban J connectivity index is 1.64. The number of benzene rings is 3. The van der Waals surface area contributed by atoms with Crippen molar-refractivity contribution in [3.8, 4) is 17.2 Å². The van der Waals surface area contributed by atoms with Crippen LogP contribution in [0, 0.1) is 0 Å². The second-order valence-corrected chi connectivity index (χ2v) is 6.09. The highest BCUT2D eigenvalue weighted by atomic mass is 16.5. The highest BCUT2D eigenvalue weighted by Gasteiger charge is 2.08. The highest BCUT2D eigenvalue weighted by Crippen LogP contribution is 2.30. The smallest absolute Gasteiger partial charge is 0.161 e. The maximum atomic E-state index is 8.55. The van der Waals surface area contributed by atoms with Crippen LogP contribution in [0.3, 0.4) is 0 Å². The zero-order valence-electron chi connectivity index (χ0n) is 15.7. The second kappa shape index (κ2) is 10.0. The molecule has 3 rings (SSSR count). The maximum absolute atomic E-state index is 8.55. The Hall–Kier alpha value is -3.47. The van der Waals surface area contributed by atoms with Gasteiger partial charge in [-0.2, -0.15) is 0 Å². The SMILES string of the molecule is CCOc1cc(COc2ccc(/C=N/O)cc2)ccc1OCc1ccccc1. The van der Waals surface area contributed by atoms with Crippen LogP contribution in [0.1, 0.15) is 23.6 Å². The Kier molecular flexibility index (Phi) is 6.90. The predicted octanol–water partition coefficient (Wildman–Crippen LogP) is 5.05. The molecular weight excluding hydrogens is 354 g/mol. The number of hydrogen-bond acceptors (Lipinski definition) is 5. The molecular formula is C23H23NO4. The molecule has 0 amide bonds. The highest BCUT2D eigenvalue weighted by molar-refractivity contribution is 5.79. The molecule has 3 aromatic carbocycles. The van der Waals surface area contributed by atoms with Crippen molar-refractivity contribution in [2.24, 2.45) is 5.16 Å². The minimum Gasteiger partial charge on any atom is -0.490 e. The van der Waals surface area contributed by atoms with Crippen LogP contribution >= 0.6 is 0 Å². The maximum Gasteiger partial charge on any atom is 0.161 e. The molecule has 5 heteroatoms. The summed E-state index contributed by atoms with van der Waals surface area (Å²) in [4.78, 5) is 0. The lowest BCUT2D eigenvalue weighted by Crippen LogP contribution is -2.02. The van der Waals surface area contributed by atoms with Crippen molar-refractivity contribution in [2.45, 2.75) is 20.1 Å². The second-order valence-electron chi connectivity index (χ2n) is 6.09. The summed E-state index contributed by atoms with van der Waals surface area (Å²) in [5.74, 6) is 2.15. The van der Waals surface area contributed by atoms with Crippen LogP contribution in [0.25, 0.3) is 0 Å². The molecule has 0 fully saturated rings. The fourth-order valence-corrected chi connectivity index (χ4v) is 2.65. The minimum atomic E-state index is 0.409. The molecule has 0 radical (unpaired) electrons. The van der Waals surface area contributed by atoms with Gasteiger partial charge in [-0.25, -0.2) is 0 Å². The fourth-order valence-electron chi connectivity index (χ4n) is 2.65. The van der Waals surface area contributed by atoms with E-state index in [0.717, 1.165) is 22.4 Å². The first-order valence-electron chi connectivity index (χ1n) is 9.11. The van der Waals surface area contributed by atoms with Crippen molar-refractivity contribution in [1.82, 2.24) is 0 Å². The zero-order chi connectivity index (χ0) is 19.6. The monoisotopic (exact) mass is 377 g/mol. The molecule has 0 aromatic heterocycles. The Bertz CT molecular complexity index is 892. The molecule has 0 saturated carbocycles. The van der Waals surface area contributed by atoms with Gasteiger partial charge in [-0.1, -0.05) is 41.6 Å². The van der Waals surface area contributed by atoms with Gasteiger partial charge >= 0.3 is 0 Å². The van der Waals surface area contributed by atoms with Crippen LogP contribution in [0.5, 0.6) is 17.2 Å². The summed E-state index contributed by atoms with van der Waals surface area (Å²) in [6, 6.07) is 23.1. The number of nitrogens with zero attached hydrogens (tertiary/aromatic N) is 1. The number of rotatable bonds is 9. The molecule has 0 unspecified atom stereocenters. The third kappa shape index (κ3) is 5.51. The Labute approximate surface area is 164 Å². The molecule has 0 aliphatic heterocycles. The number of oxime groups is 1. The predicted molar refractivity (Wildman–Crippen MR) is 109 cm³/mol. The van der Waals surface area contributed by atoms with Gasteiger partial charge in [0.1, 0.15) is 19.0 Å². The van der Waals surface area contributed by atoms with Gasteiger partial charge in [-0.3, -0.25) is 0 Å². The summed E-state index contributed by atoms with van der Waals surface area (Å²) < 4.78 is 17.5. The van der Waals surface area contributed by atoms with Crippen LogP contribution < -0.4 is 14.2 Å². The molecule has 0 bridgehead atoms. The molecule has 3 aromatic rings. The Morgan fingerprint density at radius 1 is 0.786 bits per heavy atom. The molecule has 28 heavy (non-hydrogen) atoms. The molecule has 144 valence electrons. The topological polar surface area (TPSA) is 60.3 Å². The van der Waals surface area contributed by atoms with Crippen molar-refractivity contribution in [1.29, 1.82) is 0 Å². The average Bonchev–Trinajstić information content (AvgIpc) is 2.74. The number of hydrogen-bond donors (Lipinski definition) is 1. The molecule has 5 nitrogen and oxygen atoms in total. The van der Waals surface area contributed by atoms with E-state index in [1.807, 2.05) is 79.7 Å². The van der Waals surface area contributed by atoms with Gasteiger partial charge in [0.2, 0.25) is 0 Å². The van der Waals surface area contributed by atoms with E-state index in [1.54, 1.807) is 0 Å². The molecule has 0 aliphatic rings. The van der Waals surface area contributed by atoms with Crippen LogP contribution in [0.4, 0.5) is 0 Å². The lowest BCUT2D eigenvalue weighted by atomic mass is 10.2. The molecule has 1 N–H and O–H groups in total. The quantitative estimate of drug-likeness (QED) is 0.322. The van der Waals surface area contributed by atoms with Crippen LogP contribution in [0.2, 0.25) is 0 Å². The van der Waals surface area contributed by atoms with Crippen LogP contribution in [-0.4, -0.2) is 18.0 Å². The van der Waals surface area contributed by atoms with E-state index in [9.17, 15) is 0 Å². The van der Waals surface area contributed by atoms with Gasteiger partial charge in [-0.15, -0.1) is 0 Å². The standard InChI is InChI=1S/C23H23NO4/c1-2-26-23-14-20(17-27-21-11-8-18(9-12-21)15-24-25)10-13-22(23)28-16-19-6-4-3-5-7-19/h3-15,25H,2,16-17H2,1H3/b24-15+. The first kappa shape index (κ1) is 19.3. The van der Waals surface area contributed by atoms with Gasteiger partial charge < -0.3 is 19.4 Å². The third-order valence-electron chi connectivity index (χ3n) is 4.04. The first-order chi connectivity index (χ1) is 13.8. The van der Waals surface area contributed by atoms with Gasteiger partial charge in [0.25, 0.3) is 0 Å². The average molecular weight is 377 g/mol. The fraction of sp³-hybridized carbons (Fsp3) is 0.174. The van der Waals surface area contributed by atoms with E-state index in [4.69, 9.17) is 19.4 Å². The molecule has 0 aliphatic carbocycles. The van der Waals surface area contributed by atoms with E-state index in [2.05, 4.69) is 5.16 Å². The van der Waals surface area contributed by atoms with Gasteiger partial charge in [0.05, 0.1) is 12.8 Å². The molecule has 0 heterocycles. The van der Waals surface area contributed by atoms with Crippen molar-refractivity contribution >= 4 is 6.21 Å². The van der Waals surface area contributed by atoms with Crippen molar-refractivity contribution in [3.63, 3.8) is 0 Å². The van der Waals surface area contributed by atoms with Gasteiger partial charge in [0, 0.05) is 0 Å². The Morgan fingerprint density at radius 2 is 1.54 bits per heavy atom. The van der Waals surface area contributed by atoms with Gasteiger partial charge in [0.15, 0.2) is 11.5 Å². The summed E-state index contributed by atoms with van der Waals surface area (Å²) in [6.45, 7) is 3.40. The lowest BCUT2D eigenvalue weighted by molar-refractivity contribution is 0.267. The van der Waals surface area contributed by atoms with Crippen molar-refractivity contribution in [3.05, 3.63) is 89.5 Å². The van der Waals surface area contributed by atoms with E-state index in [-0.39, 0.29) is 0 Å². The van der Waals surface area contributed by atoms with Crippen LogP contribution in [0.15, 0.2) is 78.0 Å². The van der Waals surface area contributed by atoms with Crippen molar-refractivity contribution in [2.75, 3.05) is 6.61 Å². The third-order valence-corrected chi connectivity index (χ3v) is 4.04.